The van der Waals surface area contributed by atoms with Crippen LogP contribution in [0.4, 0.5) is 0 Å². The van der Waals surface area contributed by atoms with Crippen LogP contribution >= 0.6 is 0 Å². The minimum Gasteiger partial charge on any atom is -0.491 e. The summed E-state index contributed by atoms with van der Waals surface area (Å²) in [6, 6.07) is 6.80. The summed E-state index contributed by atoms with van der Waals surface area (Å²) in [4.78, 5) is 23.7. The molecule has 0 bridgehead atoms. The molecule has 0 aromatic heterocycles. The Morgan fingerprint density at radius 2 is 1.95 bits per heavy atom. The molecular formula is C17H22N2O3. The molecule has 0 fully saturated rings. The van der Waals surface area contributed by atoms with Gasteiger partial charge in [-0.05, 0) is 56.9 Å². The molecular weight excluding hydrogens is 280 g/mol. The molecule has 2 N–H and O–H groups in total. The fourth-order valence-corrected chi connectivity index (χ4v) is 2.31. The first kappa shape index (κ1) is 16.1. The smallest absolute Gasteiger partial charge is 0.269 e. The summed E-state index contributed by atoms with van der Waals surface area (Å²) in [5, 5.41) is 0. The highest BCUT2D eigenvalue weighted by atomic mass is 16.5. The van der Waals surface area contributed by atoms with Gasteiger partial charge in [-0.2, -0.15) is 0 Å². The molecule has 0 aliphatic heterocycles. The van der Waals surface area contributed by atoms with Crippen LogP contribution in [0.2, 0.25) is 0 Å². The lowest BCUT2D eigenvalue weighted by atomic mass is 10.1. The molecule has 1 aliphatic carbocycles. The minimum absolute atomic E-state index is 0.0867. The molecule has 0 heterocycles. The van der Waals surface area contributed by atoms with Crippen molar-refractivity contribution in [1.29, 1.82) is 0 Å². The quantitative estimate of drug-likeness (QED) is 0.649. The van der Waals surface area contributed by atoms with E-state index in [1.807, 2.05) is 13.8 Å². The van der Waals surface area contributed by atoms with Crippen molar-refractivity contribution >= 4 is 11.8 Å². The normalized spacial score (nSPS) is 16.6. The van der Waals surface area contributed by atoms with Gasteiger partial charge >= 0.3 is 0 Å². The number of hydrogen-bond donors (Lipinski definition) is 2. The van der Waals surface area contributed by atoms with Gasteiger partial charge in [-0.15, -0.1) is 0 Å². The van der Waals surface area contributed by atoms with Gasteiger partial charge in [0.25, 0.3) is 5.91 Å². The van der Waals surface area contributed by atoms with Crippen LogP contribution in [0.15, 0.2) is 36.4 Å². The van der Waals surface area contributed by atoms with Gasteiger partial charge in [0.15, 0.2) is 0 Å². The molecule has 22 heavy (non-hydrogen) atoms. The summed E-state index contributed by atoms with van der Waals surface area (Å²) >= 11 is 0. The molecule has 2 amide bonds. The Morgan fingerprint density at radius 1 is 1.23 bits per heavy atom. The largest absolute Gasteiger partial charge is 0.491 e. The van der Waals surface area contributed by atoms with Crippen LogP contribution in [0.3, 0.4) is 0 Å². The molecule has 1 aromatic rings. The average Bonchev–Trinajstić information content (AvgIpc) is 2.98. The second-order valence-electron chi connectivity index (χ2n) is 5.66. The van der Waals surface area contributed by atoms with Gasteiger partial charge < -0.3 is 4.74 Å². The van der Waals surface area contributed by atoms with E-state index < -0.39 is 0 Å². The van der Waals surface area contributed by atoms with Crippen LogP contribution < -0.4 is 15.6 Å². The van der Waals surface area contributed by atoms with E-state index in [0.717, 1.165) is 12.8 Å². The Labute approximate surface area is 130 Å². The standard InChI is InChI=1S/C17H22N2O3/c1-12(2)22-15-9-7-14(8-10-15)17(21)19-18-16(20)11-13-5-3-4-6-13/h3,5,7-10,12-13H,4,6,11H2,1-2H3,(H,18,20)(H,19,21)/t13-/m1/s1. The minimum atomic E-state index is -0.341. The van der Waals surface area contributed by atoms with E-state index in [1.165, 1.54) is 0 Å². The predicted molar refractivity (Wildman–Crippen MR) is 84.3 cm³/mol. The van der Waals surface area contributed by atoms with Crippen LogP contribution in [0.25, 0.3) is 0 Å². The topological polar surface area (TPSA) is 67.4 Å². The number of hydrogen-bond acceptors (Lipinski definition) is 3. The Morgan fingerprint density at radius 3 is 2.55 bits per heavy atom. The van der Waals surface area contributed by atoms with Gasteiger partial charge in [0, 0.05) is 12.0 Å². The Balaban J connectivity index is 1.78. The van der Waals surface area contributed by atoms with Crippen molar-refractivity contribution in [2.75, 3.05) is 0 Å². The molecule has 0 radical (unpaired) electrons. The molecule has 1 aromatic carbocycles. The molecule has 0 saturated heterocycles. The third-order valence-electron chi connectivity index (χ3n) is 3.36. The summed E-state index contributed by atoms with van der Waals surface area (Å²) in [6.45, 7) is 3.88. The molecule has 2 rings (SSSR count). The zero-order valence-corrected chi connectivity index (χ0v) is 13.0. The zero-order valence-electron chi connectivity index (χ0n) is 13.0. The van der Waals surface area contributed by atoms with Crippen molar-refractivity contribution < 1.29 is 14.3 Å². The second kappa shape index (κ2) is 7.64. The summed E-state index contributed by atoms with van der Waals surface area (Å²) in [5.74, 6) is 0.476. The third kappa shape index (κ3) is 4.91. The predicted octanol–water partition coefficient (Wildman–Crippen LogP) is 2.59. The fourth-order valence-electron chi connectivity index (χ4n) is 2.31. The van der Waals surface area contributed by atoms with E-state index in [-0.39, 0.29) is 23.8 Å². The SMILES string of the molecule is CC(C)Oc1ccc(C(=O)NNC(=O)C[C@@H]2C=CCC2)cc1. The summed E-state index contributed by atoms with van der Waals surface area (Å²) < 4.78 is 5.51. The Hall–Kier alpha value is -2.30. The molecule has 118 valence electrons. The molecule has 1 aliphatic rings. The molecule has 0 unspecified atom stereocenters. The first-order valence-electron chi connectivity index (χ1n) is 7.57. The van der Waals surface area contributed by atoms with Gasteiger partial charge in [-0.25, -0.2) is 0 Å². The van der Waals surface area contributed by atoms with E-state index >= 15 is 0 Å². The Bertz CT molecular complexity index is 550. The van der Waals surface area contributed by atoms with Crippen molar-refractivity contribution in [3.05, 3.63) is 42.0 Å². The lowest BCUT2D eigenvalue weighted by Gasteiger charge is -2.11. The van der Waals surface area contributed by atoms with Gasteiger partial charge in [0.2, 0.25) is 5.91 Å². The summed E-state index contributed by atoms with van der Waals surface area (Å²) in [5.41, 5.74) is 5.35. The van der Waals surface area contributed by atoms with E-state index in [0.29, 0.717) is 17.7 Å². The molecule has 1 atom stereocenters. The number of carbonyl (C=O) groups is 2. The highest BCUT2D eigenvalue weighted by molar-refractivity contribution is 5.95. The third-order valence-corrected chi connectivity index (χ3v) is 3.36. The number of allylic oxidation sites excluding steroid dienone is 2. The van der Waals surface area contributed by atoms with Gasteiger partial charge in [0.05, 0.1) is 6.10 Å². The van der Waals surface area contributed by atoms with Crippen LogP contribution in [-0.2, 0) is 4.79 Å². The van der Waals surface area contributed by atoms with Crippen molar-refractivity contribution in [3.63, 3.8) is 0 Å². The highest BCUT2D eigenvalue weighted by Crippen LogP contribution is 2.19. The maximum atomic E-state index is 11.9. The van der Waals surface area contributed by atoms with Gasteiger partial charge in [0.1, 0.15) is 5.75 Å². The summed E-state index contributed by atoms with van der Waals surface area (Å²) in [6.07, 6.45) is 6.64. The number of hydrazine groups is 1. The van der Waals surface area contributed by atoms with Crippen LogP contribution in [0.5, 0.6) is 5.75 Å². The van der Waals surface area contributed by atoms with Crippen LogP contribution in [0, 0.1) is 5.92 Å². The van der Waals surface area contributed by atoms with Crippen molar-refractivity contribution in [2.45, 2.75) is 39.2 Å². The van der Waals surface area contributed by atoms with Crippen molar-refractivity contribution in [3.8, 4) is 5.75 Å². The van der Waals surface area contributed by atoms with E-state index in [9.17, 15) is 9.59 Å². The van der Waals surface area contributed by atoms with E-state index in [2.05, 4.69) is 23.0 Å². The highest BCUT2D eigenvalue weighted by Gasteiger charge is 2.14. The lowest BCUT2D eigenvalue weighted by Crippen LogP contribution is -2.42. The maximum absolute atomic E-state index is 11.9. The number of rotatable bonds is 5. The molecule has 5 heteroatoms. The number of amides is 2. The Kier molecular flexibility index (Phi) is 5.58. The monoisotopic (exact) mass is 302 g/mol. The van der Waals surface area contributed by atoms with E-state index in [1.54, 1.807) is 24.3 Å². The van der Waals surface area contributed by atoms with Gasteiger partial charge in [-0.3, -0.25) is 20.4 Å². The maximum Gasteiger partial charge on any atom is 0.269 e. The molecule has 0 spiro atoms. The molecule has 0 saturated carbocycles. The number of benzene rings is 1. The first-order chi connectivity index (χ1) is 10.5. The van der Waals surface area contributed by atoms with Crippen molar-refractivity contribution in [1.82, 2.24) is 10.9 Å². The molecule has 5 nitrogen and oxygen atoms in total. The first-order valence-corrected chi connectivity index (χ1v) is 7.57. The summed E-state index contributed by atoms with van der Waals surface area (Å²) in [7, 11) is 0. The number of carbonyl (C=O) groups excluding carboxylic acids is 2. The second-order valence-corrected chi connectivity index (χ2v) is 5.66. The number of ether oxygens (including phenoxy) is 1. The van der Waals surface area contributed by atoms with Crippen LogP contribution in [0.1, 0.15) is 43.5 Å². The van der Waals surface area contributed by atoms with Crippen molar-refractivity contribution in [2.24, 2.45) is 5.92 Å². The average molecular weight is 302 g/mol. The zero-order chi connectivity index (χ0) is 15.9. The van der Waals surface area contributed by atoms with Crippen LogP contribution in [-0.4, -0.2) is 17.9 Å². The van der Waals surface area contributed by atoms with Gasteiger partial charge in [-0.1, -0.05) is 12.2 Å². The number of nitrogens with one attached hydrogen (secondary N) is 2. The lowest BCUT2D eigenvalue weighted by molar-refractivity contribution is -0.122. The van der Waals surface area contributed by atoms with E-state index in [4.69, 9.17) is 4.74 Å². The fraction of sp³-hybridized carbons (Fsp3) is 0.412.